The number of piperidine rings is 2. The fraction of sp³-hybridized carbons (Fsp3) is 0.545. The highest BCUT2D eigenvalue weighted by Gasteiger charge is 2.59. The van der Waals surface area contributed by atoms with E-state index in [4.69, 9.17) is 4.98 Å². The number of rotatable bonds is 7. The van der Waals surface area contributed by atoms with Crippen LogP contribution in [0.2, 0.25) is 0 Å². The van der Waals surface area contributed by atoms with Crippen molar-refractivity contribution in [2.45, 2.75) is 88.3 Å². The third-order valence-corrected chi connectivity index (χ3v) is 10.8. The smallest absolute Gasteiger partial charge is 0.319 e. The second-order valence-corrected chi connectivity index (χ2v) is 12.8. The maximum Gasteiger partial charge on any atom is 0.319 e. The molecule has 0 radical (unpaired) electrons. The van der Waals surface area contributed by atoms with Gasteiger partial charge in [0.05, 0.1) is 11.0 Å². The van der Waals surface area contributed by atoms with Gasteiger partial charge in [-0.15, -0.1) is 0 Å². The van der Waals surface area contributed by atoms with Crippen molar-refractivity contribution < 1.29 is 14.7 Å². The molecule has 1 unspecified atom stereocenters. The first-order valence-electron chi connectivity index (χ1n) is 15.2. The average Bonchev–Trinajstić information content (AvgIpc) is 3.67. The van der Waals surface area contributed by atoms with E-state index < -0.39 is 11.4 Å². The Hall–Kier alpha value is -3.19. The van der Waals surface area contributed by atoms with E-state index >= 15 is 0 Å². The summed E-state index contributed by atoms with van der Waals surface area (Å²) < 4.78 is 2.50. The number of carbonyl (C=O) groups excluding carboxylic acids is 1. The first-order chi connectivity index (χ1) is 19.4. The number of imidazole rings is 1. The summed E-state index contributed by atoms with van der Waals surface area (Å²) in [5, 5.41) is 9.66. The van der Waals surface area contributed by atoms with Gasteiger partial charge in [-0.25, -0.2) is 4.98 Å². The fourth-order valence-electron chi connectivity index (χ4n) is 8.35. The summed E-state index contributed by atoms with van der Waals surface area (Å²) in [5.41, 5.74) is 2.60. The minimum Gasteiger partial charge on any atom is -0.480 e. The summed E-state index contributed by atoms with van der Waals surface area (Å²) in [6, 6.07) is 21.1. The molecule has 1 saturated carbocycles. The van der Waals surface area contributed by atoms with Crippen LogP contribution < -0.4 is 0 Å². The number of carboxylic acids is 1. The van der Waals surface area contributed by atoms with Gasteiger partial charge in [0, 0.05) is 31.2 Å². The van der Waals surface area contributed by atoms with E-state index in [9.17, 15) is 14.7 Å². The molecular weight excluding hydrogens is 500 g/mol. The van der Waals surface area contributed by atoms with Gasteiger partial charge in [-0.2, -0.15) is 0 Å². The van der Waals surface area contributed by atoms with Crippen molar-refractivity contribution in [1.82, 2.24) is 19.4 Å². The zero-order valence-corrected chi connectivity index (χ0v) is 23.5. The molecule has 4 heterocycles. The summed E-state index contributed by atoms with van der Waals surface area (Å²) in [6.07, 6.45) is 8.71. The first kappa shape index (κ1) is 25.8. The van der Waals surface area contributed by atoms with Crippen LogP contribution in [0.1, 0.15) is 75.2 Å². The minimum atomic E-state index is -1.14. The van der Waals surface area contributed by atoms with Crippen LogP contribution in [0.15, 0.2) is 54.6 Å². The lowest BCUT2D eigenvalue weighted by Gasteiger charge is -2.46. The van der Waals surface area contributed by atoms with E-state index in [1.165, 1.54) is 36.8 Å². The molecule has 2 aromatic carbocycles. The number of carboxylic acid groups (broad SMARTS) is 1. The van der Waals surface area contributed by atoms with Crippen molar-refractivity contribution >= 4 is 22.9 Å². The highest BCUT2D eigenvalue weighted by atomic mass is 16.4. The molecule has 1 aromatic heterocycles. The Morgan fingerprint density at radius 3 is 2.20 bits per heavy atom. The second-order valence-electron chi connectivity index (χ2n) is 12.8. The van der Waals surface area contributed by atoms with Crippen molar-refractivity contribution in [1.29, 1.82) is 0 Å². The van der Waals surface area contributed by atoms with E-state index in [-0.39, 0.29) is 11.3 Å². The van der Waals surface area contributed by atoms with Crippen LogP contribution in [0.5, 0.6) is 0 Å². The van der Waals surface area contributed by atoms with E-state index in [0.717, 1.165) is 37.1 Å². The van der Waals surface area contributed by atoms with Crippen LogP contribution >= 0.6 is 0 Å². The van der Waals surface area contributed by atoms with Crippen LogP contribution in [-0.2, 0) is 15.0 Å². The van der Waals surface area contributed by atoms with Gasteiger partial charge in [0.2, 0.25) is 5.91 Å². The molecule has 7 rings (SSSR count). The normalized spacial score (nSPS) is 27.1. The molecule has 0 spiro atoms. The van der Waals surface area contributed by atoms with Gasteiger partial charge in [-0.3, -0.25) is 14.5 Å². The monoisotopic (exact) mass is 540 g/mol. The zero-order valence-electron chi connectivity index (χ0n) is 23.5. The van der Waals surface area contributed by atoms with Crippen molar-refractivity contribution in [2.24, 2.45) is 5.41 Å². The number of fused-ring (bicyclic) bond motifs is 3. The third-order valence-electron chi connectivity index (χ3n) is 10.8. The Kier molecular flexibility index (Phi) is 6.26. The topological polar surface area (TPSA) is 78.7 Å². The molecule has 3 aromatic rings. The second kappa shape index (κ2) is 9.72. The van der Waals surface area contributed by atoms with E-state index in [0.29, 0.717) is 44.1 Å². The lowest BCUT2D eigenvalue weighted by Crippen LogP contribution is -2.51. The summed E-state index contributed by atoms with van der Waals surface area (Å²) in [5.74, 6) is 0.0125. The predicted octanol–water partition coefficient (Wildman–Crippen LogP) is 5.33. The van der Waals surface area contributed by atoms with Crippen LogP contribution in [0.3, 0.4) is 0 Å². The van der Waals surface area contributed by atoms with Gasteiger partial charge in [-0.05, 0) is 94.4 Å². The molecule has 4 aliphatic rings. The molecule has 1 N–H and O–H groups in total. The van der Waals surface area contributed by atoms with Gasteiger partial charge in [0.25, 0.3) is 0 Å². The Morgan fingerprint density at radius 1 is 0.900 bits per heavy atom. The minimum absolute atomic E-state index is 0.0193. The molecule has 1 amide bonds. The van der Waals surface area contributed by atoms with Crippen molar-refractivity contribution in [2.75, 3.05) is 19.6 Å². The van der Waals surface area contributed by atoms with Crippen LogP contribution in [0.25, 0.3) is 11.0 Å². The van der Waals surface area contributed by atoms with Gasteiger partial charge in [0.15, 0.2) is 0 Å². The molecule has 7 nitrogen and oxygen atoms in total. The molecule has 3 atom stereocenters. The number of carbonyl (C=O) groups is 2. The molecule has 1 aliphatic carbocycles. The number of aryl methyl sites for hydroxylation is 1. The number of amides is 1. The van der Waals surface area contributed by atoms with E-state index in [1.807, 2.05) is 4.90 Å². The molecular formula is C33H40N4O3. The summed E-state index contributed by atoms with van der Waals surface area (Å²) >= 11 is 0. The molecule has 3 saturated heterocycles. The quantitative estimate of drug-likeness (QED) is 0.410. The molecule has 40 heavy (non-hydrogen) atoms. The lowest BCUT2D eigenvalue weighted by atomic mass is 9.70. The number of hydrogen-bond acceptors (Lipinski definition) is 4. The average molecular weight is 541 g/mol. The van der Waals surface area contributed by atoms with Crippen LogP contribution in [0.4, 0.5) is 0 Å². The fourth-order valence-corrected chi connectivity index (χ4v) is 8.35. The van der Waals surface area contributed by atoms with E-state index in [1.54, 1.807) is 0 Å². The maximum atomic E-state index is 13.1. The molecule has 4 fully saturated rings. The number of para-hydroxylation sites is 2. The number of hydrogen-bond donors (Lipinski definition) is 1. The lowest BCUT2D eigenvalue weighted by molar-refractivity contribution is -0.154. The first-order valence-corrected chi connectivity index (χ1v) is 15.2. The molecule has 7 heteroatoms. The van der Waals surface area contributed by atoms with Crippen LogP contribution in [-0.4, -0.2) is 68.1 Å². The predicted molar refractivity (Wildman–Crippen MR) is 154 cm³/mol. The zero-order chi connectivity index (χ0) is 27.5. The van der Waals surface area contributed by atoms with Gasteiger partial charge < -0.3 is 14.6 Å². The van der Waals surface area contributed by atoms with Crippen molar-refractivity contribution in [3.63, 3.8) is 0 Å². The largest absolute Gasteiger partial charge is 0.480 e. The number of likely N-dealkylation sites (tertiary alicyclic amines) is 1. The highest BCUT2D eigenvalue weighted by molar-refractivity contribution is 6.04. The van der Waals surface area contributed by atoms with Gasteiger partial charge >= 0.3 is 5.97 Å². The Balaban J connectivity index is 1.06. The Morgan fingerprint density at radius 2 is 1.55 bits per heavy atom. The number of benzene rings is 2. The Labute approximate surface area is 236 Å². The SMILES string of the molecule is Cc1nc2ccccc2n1C1C[C@H]2CC[C@@H](C1)N2CCC1(c2ccccc2)CCN(C(=O)C2(C(=O)O)CC2)CC1. The highest BCUT2D eigenvalue weighted by Crippen LogP contribution is 2.49. The van der Waals surface area contributed by atoms with Crippen LogP contribution in [0, 0.1) is 12.3 Å². The van der Waals surface area contributed by atoms with Crippen molar-refractivity contribution in [3.05, 3.63) is 66.0 Å². The standard InChI is InChI=1S/C33H40N4O3/c1-23-34-28-9-5-6-10-29(28)37(23)27-21-25-11-12-26(22-27)36(25)20-17-32(24-7-3-2-4-8-24)15-18-35(19-16-32)30(38)33(13-14-33)31(39)40/h2-10,25-27H,11-22H2,1H3,(H,39,40)/t25-,26+,27?. The van der Waals surface area contributed by atoms with Gasteiger partial charge in [0.1, 0.15) is 11.2 Å². The van der Waals surface area contributed by atoms with Crippen molar-refractivity contribution in [3.8, 4) is 0 Å². The summed E-state index contributed by atoms with van der Waals surface area (Å²) in [4.78, 5) is 34.4. The maximum absolute atomic E-state index is 13.1. The summed E-state index contributed by atoms with van der Waals surface area (Å²) in [7, 11) is 0. The molecule has 2 bridgehead atoms. The third kappa shape index (κ3) is 4.16. The summed E-state index contributed by atoms with van der Waals surface area (Å²) in [6.45, 7) is 4.51. The van der Waals surface area contributed by atoms with Gasteiger partial charge in [-0.1, -0.05) is 42.5 Å². The molecule has 210 valence electrons. The molecule has 3 aliphatic heterocycles. The van der Waals surface area contributed by atoms with E-state index in [2.05, 4.69) is 71.0 Å². The number of aliphatic carboxylic acids is 1. The number of aromatic nitrogens is 2. The number of nitrogens with zero attached hydrogens (tertiary/aromatic N) is 4. The Bertz CT molecular complexity index is 1410.